The molecule has 3 N–H and O–H groups in total. The van der Waals surface area contributed by atoms with Gasteiger partial charge in [-0.1, -0.05) is 64.7 Å². The number of fused-ring (bicyclic) bond motifs is 1. The van der Waals surface area contributed by atoms with E-state index in [-0.39, 0.29) is 24.0 Å². The second kappa shape index (κ2) is 23.6. The third kappa shape index (κ3) is 17.4. The van der Waals surface area contributed by atoms with Crippen LogP contribution < -0.4 is 16.0 Å². The van der Waals surface area contributed by atoms with Crippen LogP contribution in [0.2, 0.25) is 0 Å². The van der Waals surface area contributed by atoms with Crippen LogP contribution in [0.3, 0.4) is 0 Å². The van der Waals surface area contributed by atoms with Crippen molar-refractivity contribution in [3.63, 3.8) is 0 Å². The third-order valence-electron chi connectivity index (χ3n) is 7.16. The standard InChI is InChI=1S/C29H55N3O6S/c1-2-3-4-5-6-7-8-9-12-16-35-18-20-37-22-23-38-21-19-36-17-15-30-27(33)14-11-10-13-26-28-25(24-39-26)31-29(34)32-28/h25-26,28H,2-24H2,1H3,(H,30,33)(H2,31,32,34). The Hall–Kier alpha value is -1.07. The summed E-state index contributed by atoms with van der Waals surface area (Å²) in [7, 11) is 0. The van der Waals surface area contributed by atoms with Crippen LogP contribution in [0.4, 0.5) is 4.79 Å². The molecule has 10 heteroatoms. The van der Waals surface area contributed by atoms with Gasteiger partial charge < -0.3 is 34.9 Å². The first-order valence-corrected chi connectivity index (χ1v) is 16.5. The van der Waals surface area contributed by atoms with Crippen molar-refractivity contribution in [2.45, 2.75) is 108 Å². The number of carbonyl (C=O) groups is 2. The summed E-state index contributed by atoms with van der Waals surface area (Å²) in [6, 6.07) is 0.454. The van der Waals surface area contributed by atoms with E-state index >= 15 is 0 Å². The lowest BCUT2D eigenvalue weighted by Gasteiger charge is -2.16. The molecule has 2 saturated heterocycles. The third-order valence-corrected chi connectivity index (χ3v) is 8.67. The highest BCUT2D eigenvalue weighted by molar-refractivity contribution is 8.00. The summed E-state index contributed by atoms with van der Waals surface area (Å²) in [6.45, 7) is 7.46. The molecule has 0 saturated carbocycles. The number of nitrogens with one attached hydrogen (secondary N) is 3. The highest BCUT2D eigenvalue weighted by Crippen LogP contribution is 2.33. The molecule has 39 heavy (non-hydrogen) atoms. The number of hydrogen-bond donors (Lipinski definition) is 3. The molecule has 3 atom stereocenters. The number of amides is 3. The lowest BCUT2D eigenvalue weighted by atomic mass is 10.0. The van der Waals surface area contributed by atoms with Crippen LogP contribution in [0.5, 0.6) is 0 Å². The molecule has 0 aromatic rings. The highest BCUT2D eigenvalue weighted by Gasteiger charge is 2.42. The fourth-order valence-electron chi connectivity index (χ4n) is 4.90. The molecule has 2 fully saturated rings. The Balaban J connectivity index is 1.21. The first-order chi connectivity index (χ1) is 19.2. The number of unbranched alkanes of at least 4 members (excludes halogenated alkanes) is 9. The van der Waals surface area contributed by atoms with E-state index in [0.717, 1.165) is 38.0 Å². The summed E-state index contributed by atoms with van der Waals surface area (Å²) in [4.78, 5) is 23.4. The van der Waals surface area contributed by atoms with E-state index in [1.807, 2.05) is 11.8 Å². The maximum absolute atomic E-state index is 12.0. The SMILES string of the molecule is CCCCCCCCCCCOCCOCCOCCOCCNC(=O)CCCCC1SCC2NC(=O)NC21. The summed E-state index contributed by atoms with van der Waals surface area (Å²) in [5.41, 5.74) is 0. The number of ether oxygens (including phenoxy) is 4. The van der Waals surface area contributed by atoms with Crippen molar-refractivity contribution in [3.05, 3.63) is 0 Å². The van der Waals surface area contributed by atoms with Gasteiger partial charge in [-0.3, -0.25) is 4.79 Å². The van der Waals surface area contributed by atoms with Crippen LogP contribution in [0.25, 0.3) is 0 Å². The summed E-state index contributed by atoms with van der Waals surface area (Å²) >= 11 is 1.91. The molecule has 0 aliphatic carbocycles. The molecular weight excluding hydrogens is 518 g/mol. The Labute approximate surface area is 240 Å². The van der Waals surface area contributed by atoms with Crippen molar-refractivity contribution in [2.24, 2.45) is 0 Å². The van der Waals surface area contributed by atoms with Crippen molar-refractivity contribution in [1.82, 2.24) is 16.0 Å². The van der Waals surface area contributed by atoms with Gasteiger partial charge in [0, 0.05) is 30.6 Å². The van der Waals surface area contributed by atoms with Gasteiger partial charge in [-0.15, -0.1) is 0 Å². The molecule has 0 spiro atoms. The van der Waals surface area contributed by atoms with Gasteiger partial charge in [0.25, 0.3) is 0 Å². The smallest absolute Gasteiger partial charge is 0.315 e. The lowest BCUT2D eigenvalue weighted by Crippen LogP contribution is -2.36. The number of thioether (sulfide) groups is 1. The molecule has 2 heterocycles. The summed E-state index contributed by atoms with van der Waals surface area (Å²) < 4.78 is 22.2. The molecule has 2 aliphatic heterocycles. The Kier molecular flexibility index (Phi) is 20.7. The summed E-state index contributed by atoms with van der Waals surface area (Å²) in [5.74, 6) is 1.04. The average molecular weight is 574 g/mol. The van der Waals surface area contributed by atoms with E-state index in [0.29, 0.717) is 64.5 Å². The molecule has 2 aliphatic rings. The predicted octanol–water partition coefficient (Wildman–Crippen LogP) is 4.43. The molecule has 0 radical (unpaired) electrons. The van der Waals surface area contributed by atoms with Crippen LogP contribution in [0, 0.1) is 0 Å². The van der Waals surface area contributed by atoms with Gasteiger partial charge in [0.05, 0.1) is 58.3 Å². The molecule has 9 nitrogen and oxygen atoms in total. The van der Waals surface area contributed by atoms with Gasteiger partial charge in [-0.25, -0.2) is 4.79 Å². The second-order valence-electron chi connectivity index (χ2n) is 10.5. The Morgan fingerprint density at radius 3 is 2.03 bits per heavy atom. The monoisotopic (exact) mass is 573 g/mol. The fraction of sp³-hybridized carbons (Fsp3) is 0.931. The average Bonchev–Trinajstić information content (AvgIpc) is 3.48. The van der Waals surface area contributed by atoms with E-state index in [2.05, 4.69) is 22.9 Å². The van der Waals surface area contributed by atoms with Gasteiger partial charge in [-0.05, 0) is 19.3 Å². The van der Waals surface area contributed by atoms with Crippen LogP contribution >= 0.6 is 11.8 Å². The Morgan fingerprint density at radius 1 is 0.769 bits per heavy atom. The Bertz CT molecular complexity index is 630. The normalized spacial score (nSPS) is 20.1. The van der Waals surface area contributed by atoms with Gasteiger partial charge in [0.1, 0.15) is 0 Å². The van der Waals surface area contributed by atoms with E-state index in [4.69, 9.17) is 18.9 Å². The number of urea groups is 1. The molecule has 3 unspecified atom stereocenters. The first kappa shape index (κ1) is 34.1. The zero-order chi connectivity index (χ0) is 27.8. The maximum Gasteiger partial charge on any atom is 0.315 e. The summed E-state index contributed by atoms with van der Waals surface area (Å²) in [6.07, 6.45) is 15.4. The van der Waals surface area contributed by atoms with Gasteiger partial charge in [-0.2, -0.15) is 11.8 Å². The van der Waals surface area contributed by atoms with E-state index in [9.17, 15) is 9.59 Å². The largest absolute Gasteiger partial charge is 0.379 e. The minimum Gasteiger partial charge on any atom is -0.379 e. The van der Waals surface area contributed by atoms with Crippen molar-refractivity contribution in [2.75, 3.05) is 65.2 Å². The maximum atomic E-state index is 12.0. The van der Waals surface area contributed by atoms with Crippen molar-refractivity contribution < 1.29 is 28.5 Å². The molecule has 3 amide bonds. The predicted molar refractivity (Wildman–Crippen MR) is 157 cm³/mol. The van der Waals surface area contributed by atoms with E-state index in [1.54, 1.807) is 0 Å². The van der Waals surface area contributed by atoms with Crippen LogP contribution in [0.15, 0.2) is 0 Å². The first-order valence-electron chi connectivity index (χ1n) is 15.5. The highest BCUT2D eigenvalue weighted by atomic mass is 32.2. The quantitative estimate of drug-likeness (QED) is 0.0986. The van der Waals surface area contributed by atoms with Crippen molar-refractivity contribution in [1.29, 1.82) is 0 Å². The van der Waals surface area contributed by atoms with Gasteiger partial charge >= 0.3 is 6.03 Å². The van der Waals surface area contributed by atoms with Crippen molar-refractivity contribution in [3.8, 4) is 0 Å². The van der Waals surface area contributed by atoms with E-state index < -0.39 is 0 Å². The zero-order valence-electron chi connectivity index (χ0n) is 24.4. The Morgan fingerprint density at radius 2 is 1.36 bits per heavy atom. The fourth-order valence-corrected chi connectivity index (χ4v) is 6.45. The minimum atomic E-state index is -0.0479. The minimum absolute atomic E-state index is 0.0479. The van der Waals surface area contributed by atoms with Crippen LogP contribution in [-0.2, 0) is 23.7 Å². The van der Waals surface area contributed by atoms with Gasteiger partial charge in [0.15, 0.2) is 0 Å². The number of hydrogen-bond acceptors (Lipinski definition) is 7. The molecule has 2 rings (SSSR count). The van der Waals surface area contributed by atoms with Crippen molar-refractivity contribution >= 4 is 23.7 Å². The summed E-state index contributed by atoms with van der Waals surface area (Å²) in [5, 5.41) is 9.33. The zero-order valence-corrected chi connectivity index (χ0v) is 25.2. The van der Waals surface area contributed by atoms with E-state index in [1.165, 1.54) is 51.4 Å². The van der Waals surface area contributed by atoms with Crippen LogP contribution in [0.1, 0.15) is 90.4 Å². The number of rotatable bonds is 27. The molecule has 0 aromatic heterocycles. The van der Waals surface area contributed by atoms with Crippen LogP contribution in [-0.4, -0.2) is 94.4 Å². The molecule has 0 aromatic carbocycles. The second-order valence-corrected chi connectivity index (χ2v) is 11.8. The van der Waals surface area contributed by atoms with Gasteiger partial charge in [0.2, 0.25) is 5.91 Å². The number of carbonyl (C=O) groups excluding carboxylic acids is 2. The molecule has 228 valence electrons. The topological polar surface area (TPSA) is 107 Å². The molecule has 0 bridgehead atoms. The molecular formula is C29H55N3O6S. The lowest BCUT2D eigenvalue weighted by molar-refractivity contribution is -0.121.